The Morgan fingerprint density at radius 2 is 2.27 bits per heavy atom. The number of imidazole rings is 1. The van der Waals surface area contributed by atoms with Crippen LogP contribution in [0.3, 0.4) is 0 Å². The third-order valence-corrected chi connectivity index (χ3v) is 5.18. The van der Waals surface area contributed by atoms with Crippen molar-refractivity contribution in [2.75, 3.05) is 12.3 Å². The van der Waals surface area contributed by atoms with E-state index in [0.717, 1.165) is 0 Å². The summed E-state index contributed by atoms with van der Waals surface area (Å²) in [4.78, 5) is 12.3. The Kier molecular flexibility index (Phi) is 2.96. The van der Waals surface area contributed by atoms with Gasteiger partial charge in [0, 0.05) is 5.41 Å². The van der Waals surface area contributed by atoms with Gasteiger partial charge in [0.25, 0.3) is 0 Å². The van der Waals surface area contributed by atoms with Gasteiger partial charge in [0.1, 0.15) is 17.9 Å². The van der Waals surface area contributed by atoms with Crippen LogP contribution in [0.15, 0.2) is 12.7 Å². The van der Waals surface area contributed by atoms with Crippen LogP contribution in [-0.2, 0) is 9.09 Å². The molecular formula is C12H14N5O4P. The van der Waals surface area contributed by atoms with Crippen LogP contribution in [0.1, 0.15) is 12.5 Å². The number of nitrogen functional groups attached to an aromatic ring is 1. The number of fused-ring (bicyclic) bond motifs is 2. The minimum absolute atomic E-state index is 0.00726. The van der Waals surface area contributed by atoms with Crippen molar-refractivity contribution in [1.82, 2.24) is 19.5 Å². The Morgan fingerprint density at radius 1 is 1.45 bits per heavy atom. The molecule has 4 rings (SSSR count). The highest BCUT2D eigenvalue weighted by Crippen LogP contribution is 2.68. The van der Waals surface area contributed by atoms with Crippen LogP contribution < -0.4 is 5.73 Å². The van der Waals surface area contributed by atoms with E-state index < -0.39 is 26.3 Å². The van der Waals surface area contributed by atoms with E-state index in [1.54, 1.807) is 10.9 Å². The lowest BCUT2D eigenvalue weighted by Gasteiger charge is -2.23. The maximum atomic E-state index is 10.5. The quantitative estimate of drug-likeness (QED) is 0.664. The van der Waals surface area contributed by atoms with Crippen LogP contribution in [0.5, 0.6) is 0 Å². The first-order chi connectivity index (χ1) is 10.6. The molecule has 22 heavy (non-hydrogen) atoms. The fraction of sp³-hybridized carbons (Fsp3) is 0.583. The van der Waals surface area contributed by atoms with Crippen molar-refractivity contribution in [2.45, 2.75) is 24.7 Å². The lowest BCUT2D eigenvalue weighted by molar-refractivity contribution is -0.0264. The van der Waals surface area contributed by atoms with Gasteiger partial charge in [-0.1, -0.05) is 0 Å². The molecule has 0 aliphatic heterocycles. The number of aliphatic hydroxyl groups excluding tert-OH is 2. The van der Waals surface area contributed by atoms with Crippen LogP contribution in [-0.4, -0.2) is 48.5 Å². The van der Waals surface area contributed by atoms with Gasteiger partial charge in [-0.25, -0.2) is 19.5 Å². The topological polar surface area (TPSA) is 136 Å². The molecule has 0 radical (unpaired) electrons. The molecule has 0 saturated heterocycles. The first-order valence-electron chi connectivity index (χ1n) is 6.84. The maximum Gasteiger partial charge on any atom is 0.327 e. The molecule has 2 aliphatic rings. The number of rotatable bonds is 4. The summed E-state index contributed by atoms with van der Waals surface area (Å²) < 4.78 is 17.2. The van der Waals surface area contributed by atoms with E-state index in [4.69, 9.17) is 10.3 Å². The molecule has 9 nitrogen and oxygen atoms in total. The summed E-state index contributed by atoms with van der Waals surface area (Å²) in [6.45, 7) is 0.140. The van der Waals surface area contributed by atoms with E-state index in [1.807, 2.05) is 0 Å². The molecule has 0 aromatic carbocycles. The van der Waals surface area contributed by atoms with Gasteiger partial charge in [0.15, 0.2) is 11.5 Å². The summed E-state index contributed by atoms with van der Waals surface area (Å²) in [6, 6.07) is -0.374. The molecule has 2 aromatic rings. The number of nitrogens with zero attached hydrogens (tertiary/aromatic N) is 4. The van der Waals surface area contributed by atoms with Crippen LogP contribution in [0, 0.1) is 11.3 Å². The molecule has 2 saturated carbocycles. The fourth-order valence-corrected chi connectivity index (χ4v) is 4.05. The van der Waals surface area contributed by atoms with Crippen LogP contribution in [0.4, 0.5) is 5.82 Å². The molecule has 4 N–H and O–H groups in total. The Bertz CT molecular complexity index is 754. The van der Waals surface area contributed by atoms with Crippen molar-refractivity contribution >= 4 is 25.7 Å². The van der Waals surface area contributed by atoms with Crippen LogP contribution in [0.25, 0.3) is 11.2 Å². The minimum Gasteiger partial charge on any atom is -0.390 e. The van der Waals surface area contributed by atoms with E-state index >= 15 is 0 Å². The second kappa shape index (κ2) is 4.66. The summed E-state index contributed by atoms with van der Waals surface area (Å²) >= 11 is 0. The second-order valence-electron chi connectivity index (χ2n) is 5.90. The summed E-state index contributed by atoms with van der Waals surface area (Å²) in [5.41, 5.74) is 6.21. The molecule has 5 atom stereocenters. The molecule has 2 aliphatic carbocycles. The smallest absolute Gasteiger partial charge is 0.327 e. The standard InChI is InChI=1S/C12H14N5O4P/c13-10-6-11(15-3-14-10)17(4-16-6)7-5-1-12(5,2-21-22-20)9(19)8(7)18/h3-5,7-9,18-19H,1-2H2,(H2,13,14,15)/t5-,7+,8+,9-,12-/m1/s1. The van der Waals surface area contributed by atoms with Gasteiger partial charge in [0.2, 0.25) is 0 Å². The first-order valence-corrected chi connectivity index (χ1v) is 7.57. The molecule has 0 spiro atoms. The molecule has 116 valence electrons. The van der Waals surface area contributed by atoms with E-state index in [0.29, 0.717) is 17.6 Å². The molecule has 0 unspecified atom stereocenters. The predicted octanol–water partition coefficient (Wildman–Crippen LogP) is -0.0854. The molecule has 2 heterocycles. The highest BCUT2D eigenvalue weighted by molar-refractivity contribution is 7.17. The van der Waals surface area contributed by atoms with Crippen molar-refractivity contribution < 1.29 is 19.3 Å². The predicted molar refractivity (Wildman–Crippen MR) is 74.9 cm³/mol. The largest absolute Gasteiger partial charge is 0.390 e. The maximum absolute atomic E-state index is 10.5. The highest BCUT2D eigenvalue weighted by Gasteiger charge is 2.71. The van der Waals surface area contributed by atoms with Crippen molar-refractivity contribution in [3.05, 3.63) is 12.7 Å². The Labute approximate surface area is 126 Å². The van der Waals surface area contributed by atoms with Crippen molar-refractivity contribution in [1.29, 1.82) is 0 Å². The van der Waals surface area contributed by atoms with Crippen LogP contribution in [0.2, 0.25) is 0 Å². The Hall–Kier alpha value is -1.67. The molecular weight excluding hydrogens is 309 g/mol. The number of nitrogens with two attached hydrogens (primary N) is 1. The Balaban J connectivity index is 1.74. The monoisotopic (exact) mass is 323 g/mol. The zero-order valence-electron chi connectivity index (χ0n) is 11.4. The summed E-state index contributed by atoms with van der Waals surface area (Å²) in [5, 5.41) is 20.8. The summed E-state index contributed by atoms with van der Waals surface area (Å²) in [7, 11) is -0.428. The van der Waals surface area contributed by atoms with Crippen LogP contribution >= 0.6 is 8.69 Å². The number of anilines is 1. The van der Waals surface area contributed by atoms with Gasteiger partial charge in [-0.2, -0.15) is 0 Å². The lowest BCUT2D eigenvalue weighted by atomic mass is 10.0. The van der Waals surface area contributed by atoms with E-state index in [2.05, 4.69) is 15.0 Å². The molecule has 10 heteroatoms. The van der Waals surface area contributed by atoms with Gasteiger partial charge in [-0.3, -0.25) is 4.52 Å². The number of hydrogen-bond donors (Lipinski definition) is 3. The molecule has 0 amide bonds. The molecule has 2 aromatic heterocycles. The second-order valence-corrected chi connectivity index (χ2v) is 6.31. The average Bonchev–Trinajstić information content (AvgIpc) is 3.00. The number of aromatic nitrogens is 4. The fourth-order valence-electron chi connectivity index (χ4n) is 3.76. The molecule has 0 bridgehead atoms. The van der Waals surface area contributed by atoms with Crippen molar-refractivity contribution in [2.24, 2.45) is 11.3 Å². The number of hydrogen-bond acceptors (Lipinski definition) is 8. The average molecular weight is 323 g/mol. The van der Waals surface area contributed by atoms with Gasteiger partial charge in [0.05, 0.1) is 25.1 Å². The highest BCUT2D eigenvalue weighted by atomic mass is 31.1. The third kappa shape index (κ3) is 1.67. The Morgan fingerprint density at radius 3 is 3.05 bits per heavy atom. The molecule has 2 fully saturated rings. The first kappa shape index (κ1) is 14.0. The third-order valence-electron chi connectivity index (χ3n) is 4.95. The van der Waals surface area contributed by atoms with E-state index in [1.165, 1.54) is 6.33 Å². The van der Waals surface area contributed by atoms with Crippen molar-refractivity contribution in [3.8, 4) is 0 Å². The van der Waals surface area contributed by atoms with Gasteiger partial charge >= 0.3 is 8.69 Å². The van der Waals surface area contributed by atoms with Gasteiger partial charge < -0.3 is 20.5 Å². The van der Waals surface area contributed by atoms with Crippen molar-refractivity contribution in [3.63, 3.8) is 0 Å². The summed E-state index contributed by atoms with van der Waals surface area (Å²) in [5.74, 6) is 0.278. The minimum atomic E-state index is -0.973. The van der Waals surface area contributed by atoms with E-state index in [9.17, 15) is 14.8 Å². The number of aliphatic hydroxyl groups is 2. The van der Waals surface area contributed by atoms with Gasteiger partial charge in [-0.15, -0.1) is 0 Å². The SMILES string of the molecule is Nc1ncnc2c1ncn2[C@@H]1[C@H](O)[C@@H](O)[C@@]2(COP=O)C[C@H]12. The van der Waals surface area contributed by atoms with Gasteiger partial charge in [-0.05, 0) is 12.3 Å². The van der Waals surface area contributed by atoms with E-state index in [-0.39, 0.29) is 24.4 Å². The summed E-state index contributed by atoms with van der Waals surface area (Å²) in [6.07, 6.45) is 1.66. The zero-order chi connectivity index (χ0) is 15.5. The lowest BCUT2D eigenvalue weighted by Crippen LogP contribution is -2.35. The normalized spacial score (nSPS) is 36.8. The zero-order valence-corrected chi connectivity index (χ0v) is 12.3.